The second-order valence-electron chi connectivity index (χ2n) is 10.2. The van der Waals surface area contributed by atoms with Gasteiger partial charge in [0.1, 0.15) is 0 Å². The topological polar surface area (TPSA) is 27.7 Å². The number of hydrogen-bond donors (Lipinski definition) is 0. The normalized spacial score (nSPS) is 39.6. The molecule has 0 N–H and O–H groups in total. The lowest BCUT2D eigenvalue weighted by Crippen LogP contribution is -2.53. The van der Waals surface area contributed by atoms with Gasteiger partial charge in [-0.3, -0.25) is 0 Å². The van der Waals surface area contributed by atoms with Crippen molar-refractivity contribution in [1.29, 1.82) is 0 Å². The average molecular weight is 363 g/mol. The van der Waals surface area contributed by atoms with Gasteiger partial charge in [0.15, 0.2) is 14.1 Å². The molecule has 25 heavy (non-hydrogen) atoms. The van der Waals surface area contributed by atoms with Crippen LogP contribution in [0, 0.1) is 17.3 Å². The Morgan fingerprint density at radius 3 is 2.44 bits per heavy atom. The van der Waals surface area contributed by atoms with Crippen LogP contribution in [0.2, 0.25) is 18.1 Å². The molecule has 4 unspecified atom stereocenters. The minimum absolute atomic E-state index is 0.153. The highest BCUT2D eigenvalue weighted by atomic mass is 28.4. The maximum Gasteiger partial charge on any atom is 0.192 e. The van der Waals surface area contributed by atoms with E-state index in [9.17, 15) is 0 Å². The van der Waals surface area contributed by atoms with Crippen LogP contribution in [0.25, 0.3) is 0 Å². The van der Waals surface area contributed by atoms with Crippen LogP contribution in [0.1, 0.15) is 47.0 Å². The summed E-state index contributed by atoms with van der Waals surface area (Å²) in [6.07, 6.45) is 10.8. The van der Waals surface area contributed by atoms with Gasteiger partial charge >= 0.3 is 0 Å². The lowest BCUT2D eigenvalue weighted by molar-refractivity contribution is -0.158. The maximum absolute atomic E-state index is 7.00. The molecule has 0 radical (unpaired) electrons. The van der Waals surface area contributed by atoms with E-state index in [-0.39, 0.29) is 10.5 Å². The first-order valence-electron chi connectivity index (χ1n) is 9.91. The minimum atomic E-state index is -1.81. The van der Waals surface area contributed by atoms with E-state index in [4.69, 9.17) is 13.9 Å². The smallest absolute Gasteiger partial charge is 0.192 e. The molecule has 2 bridgehead atoms. The molecule has 4 rings (SSSR count). The second-order valence-corrected chi connectivity index (χ2v) is 15.0. The van der Waals surface area contributed by atoms with E-state index in [1.54, 1.807) is 5.57 Å². The number of hydrogen-bond acceptors (Lipinski definition) is 3. The quantitative estimate of drug-likeness (QED) is 0.508. The zero-order chi connectivity index (χ0) is 18.1. The van der Waals surface area contributed by atoms with E-state index in [0.717, 1.165) is 12.8 Å². The first-order valence-corrected chi connectivity index (χ1v) is 12.8. The number of rotatable bonds is 2. The van der Waals surface area contributed by atoms with E-state index < -0.39 is 14.1 Å². The molecule has 4 heteroatoms. The molecular weight excluding hydrogens is 328 g/mol. The Morgan fingerprint density at radius 2 is 1.80 bits per heavy atom. The summed E-state index contributed by atoms with van der Waals surface area (Å²) in [5.41, 5.74) is 1.71. The molecule has 4 atom stereocenters. The Hall–Kier alpha value is -0.423. The zero-order valence-electron chi connectivity index (χ0n) is 16.7. The molecule has 2 spiro atoms. The highest BCUT2D eigenvalue weighted by Gasteiger charge is 2.57. The molecule has 2 fully saturated rings. The van der Waals surface area contributed by atoms with E-state index in [1.165, 1.54) is 6.42 Å². The van der Waals surface area contributed by atoms with Crippen molar-refractivity contribution in [3.8, 4) is 0 Å². The SMILES string of the molecule is CC1=CC23C=CC4(CC2C(O[Si](C)(C)C(C)(C)C)CC1C3)OCCO4. The van der Waals surface area contributed by atoms with Crippen LogP contribution in [0.4, 0.5) is 0 Å². The van der Waals surface area contributed by atoms with Gasteiger partial charge in [-0.1, -0.05) is 38.5 Å². The fourth-order valence-corrected chi connectivity index (χ4v) is 6.47. The fraction of sp³-hybridized carbons (Fsp3) is 0.810. The van der Waals surface area contributed by atoms with Crippen LogP contribution < -0.4 is 0 Å². The maximum atomic E-state index is 7.00. The molecule has 140 valence electrons. The molecule has 0 aromatic heterocycles. The van der Waals surface area contributed by atoms with Gasteiger partial charge in [-0.05, 0) is 49.9 Å². The van der Waals surface area contributed by atoms with Crippen molar-refractivity contribution in [2.45, 2.75) is 77.0 Å². The van der Waals surface area contributed by atoms with Gasteiger partial charge in [0.05, 0.1) is 13.2 Å². The van der Waals surface area contributed by atoms with Gasteiger partial charge in [-0.2, -0.15) is 0 Å². The Kier molecular flexibility index (Phi) is 3.98. The van der Waals surface area contributed by atoms with Crippen molar-refractivity contribution < 1.29 is 13.9 Å². The molecule has 0 aromatic rings. The lowest BCUT2D eigenvalue weighted by Gasteiger charge is -2.52. The summed E-state index contributed by atoms with van der Waals surface area (Å²) in [4.78, 5) is 0. The van der Waals surface area contributed by atoms with E-state index in [1.807, 2.05) is 0 Å². The Bertz CT molecular complexity index is 609. The number of fused-ring (bicyclic) bond motifs is 1. The zero-order valence-corrected chi connectivity index (χ0v) is 17.7. The first kappa shape index (κ1) is 18.0. The predicted molar refractivity (Wildman–Crippen MR) is 103 cm³/mol. The van der Waals surface area contributed by atoms with Crippen molar-refractivity contribution >= 4 is 8.32 Å². The van der Waals surface area contributed by atoms with Gasteiger partial charge in [-0.15, -0.1) is 0 Å². The molecule has 0 aromatic carbocycles. The molecule has 1 saturated heterocycles. The van der Waals surface area contributed by atoms with Crippen LogP contribution in [-0.2, 0) is 13.9 Å². The van der Waals surface area contributed by atoms with Gasteiger partial charge < -0.3 is 13.9 Å². The van der Waals surface area contributed by atoms with Crippen molar-refractivity contribution in [1.82, 2.24) is 0 Å². The van der Waals surface area contributed by atoms with Crippen molar-refractivity contribution in [3.63, 3.8) is 0 Å². The molecule has 3 nitrogen and oxygen atoms in total. The summed E-state index contributed by atoms with van der Waals surface area (Å²) < 4.78 is 19.1. The van der Waals surface area contributed by atoms with Crippen LogP contribution in [0.5, 0.6) is 0 Å². The molecule has 1 heterocycles. The summed E-state index contributed by atoms with van der Waals surface area (Å²) >= 11 is 0. The summed E-state index contributed by atoms with van der Waals surface area (Å²) in [5, 5.41) is 0.238. The van der Waals surface area contributed by atoms with Crippen molar-refractivity contribution in [2.24, 2.45) is 17.3 Å². The first-order chi connectivity index (χ1) is 11.6. The molecule has 4 aliphatic rings. The van der Waals surface area contributed by atoms with Gasteiger partial charge in [0.2, 0.25) is 0 Å². The van der Waals surface area contributed by atoms with Gasteiger partial charge in [0.25, 0.3) is 0 Å². The molecule has 3 aliphatic carbocycles. The molecule has 1 aliphatic heterocycles. The summed E-state index contributed by atoms with van der Waals surface area (Å²) in [6, 6.07) is 0. The van der Waals surface area contributed by atoms with E-state index >= 15 is 0 Å². The van der Waals surface area contributed by atoms with Crippen molar-refractivity contribution in [3.05, 3.63) is 23.8 Å². The summed E-state index contributed by atoms with van der Waals surface area (Å²) in [7, 11) is -1.81. The van der Waals surface area contributed by atoms with E-state index in [0.29, 0.717) is 31.2 Å². The van der Waals surface area contributed by atoms with Crippen LogP contribution in [0.3, 0.4) is 0 Å². The highest BCUT2D eigenvalue weighted by molar-refractivity contribution is 6.74. The van der Waals surface area contributed by atoms with Crippen LogP contribution in [-0.4, -0.2) is 33.4 Å². The molecule has 1 saturated carbocycles. The van der Waals surface area contributed by atoms with Gasteiger partial charge in [-0.25, -0.2) is 0 Å². The average Bonchev–Trinajstić information content (AvgIpc) is 3.04. The monoisotopic (exact) mass is 362 g/mol. The Balaban J connectivity index is 1.67. The third kappa shape index (κ3) is 2.80. The largest absolute Gasteiger partial charge is 0.414 e. The molecule has 0 amide bonds. The Morgan fingerprint density at radius 1 is 1.12 bits per heavy atom. The third-order valence-corrected chi connectivity index (χ3v) is 12.1. The number of allylic oxidation sites excluding steroid dienone is 3. The summed E-state index contributed by atoms with van der Waals surface area (Å²) in [5.74, 6) is 0.635. The standard InChI is InChI=1S/C21H34O3Si/c1-15-12-20-7-8-21(22-9-10-23-21)14-17(20)18(11-16(15)13-20)24-25(5,6)19(2,3)4/h7-8,12,16-18H,9-11,13-14H2,1-6H3. The second kappa shape index (κ2) is 5.54. The highest BCUT2D eigenvalue weighted by Crippen LogP contribution is 2.60. The minimum Gasteiger partial charge on any atom is -0.414 e. The number of ether oxygens (including phenoxy) is 2. The van der Waals surface area contributed by atoms with Crippen LogP contribution in [0.15, 0.2) is 23.8 Å². The van der Waals surface area contributed by atoms with Gasteiger partial charge in [0, 0.05) is 23.9 Å². The molecular formula is C21H34O3Si. The predicted octanol–water partition coefficient (Wildman–Crippen LogP) is 5.05. The van der Waals surface area contributed by atoms with Crippen LogP contribution >= 0.6 is 0 Å². The Labute approximate surface area is 153 Å². The van der Waals surface area contributed by atoms with Crippen molar-refractivity contribution in [2.75, 3.05) is 13.2 Å². The van der Waals surface area contributed by atoms with E-state index in [2.05, 4.69) is 59.0 Å². The third-order valence-electron chi connectivity index (χ3n) is 7.58. The summed E-state index contributed by atoms with van der Waals surface area (Å²) in [6.45, 7) is 15.5. The fourth-order valence-electron chi connectivity index (χ4n) is 5.09. The lowest BCUT2D eigenvalue weighted by atomic mass is 9.61.